The zero-order chi connectivity index (χ0) is 10.3. The predicted molar refractivity (Wildman–Crippen MR) is 63.2 cm³/mol. The molecule has 2 heterocycles. The van der Waals surface area contributed by atoms with Crippen LogP contribution >= 0.6 is 0 Å². The van der Waals surface area contributed by atoms with Gasteiger partial charge in [0.1, 0.15) is 0 Å². The molecule has 2 saturated heterocycles. The van der Waals surface area contributed by atoms with Gasteiger partial charge < -0.3 is 20.4 Å². The minimum atomic E-state index is 1.17. The summed E-state index contributed by atoms with van der Waals surface area (Å²) in [5.41, 5.74) is 0. The molecule has 4 nitrogen and oxygen atoms in total. The van der Waals surface area contributed by atoms with Gasteiger partial charge in [0.05, 0.1) is 0 Å². The van der Waals surface area contributed by atoms with Gasteiger partial charge in [-0.05, 0) is 19.5 Å². The van der Waals surface area contributed by atoms with Crippen LogP contribution in [0, 0.1) is 0 Å². The van der Waals surface area contributed by atoms with E-state index in [1.54, 1.807) is 0 Å². The molecule has 2 rings (SSSR count). The zero-order valence-electron chi connectivity index (χ0n) is 9.67. The van der Waals surface area contributed by atoms with Gasteiger partial charge in [-0.1, -0.05) is 0 Å². The Hall–Kier alpha value is -0.160. The number of rotatable bonds is 4. The molecule has 2 aliphatic rings. The molecule has 0 aromatic carbocycles. The van der Waals surface area contributed by atoms with Crippen LogP contribution in [0.4, 0.5) is 0 Å². The van der Waals surface area contributed by atoms with Crippen LogP contribution in [0.1, 0.15) is 6.42 Å². The Kier molecular flexibility index (Phi) is 4.86. The molecule has 0 atom stereocenters. The number of hydrogen-bond donors (Lipinski definition) is 2. The first-order valence-electron chi connectivity index (χ1n) is 6.31. The lowest BCUT2D eigenvalue weighted by Gasteiger charge is -2.30. The third-order valence-corrected chi connectivity index (χ3v) is 3.37. The fourth-order valence-electron chi connectivity index (χ4n) is 2.39. The maximum absolute atomic E-state index is 3.39. The van der Waals surface area contributed by atoms with Crippen molar-refractivity contribution in [3.8, 4) is 0 Å². The van der Waals surface area contributed by atoms with Gasteiger partial charge in [0.15, 0.2) is 0 Å². The van der Waals surface area contributed by atoms with Crippen LogP contribution in [0.15, 0.2) is 0 Å². The van der Waals surface area contributed by atoms with E-state index in [4.69, 9.17) is 0 Å². The maximum Gasteiger partial charge on any atom is 0.0107 e. The Bertz CT molecular complexity index is 144. The van der Waals surface area contributed by atoms with Gasteiger partial charge in [0, 0.05) is 52.4 Å². The third-order valence-electron chi connectivity index (χ3n) is 3.37. The molecule has 88 valence electrons. The Balaban J connectivity index is 1.53. The summed E-state index contributed by atoms with van der Waals surface area (Å²) < 4.78 is 0. The van der Waals surface area contributed by atoms with Crippen molar-refractivity contribution in [2.45, 2.75) is 6.42 Å². The summed E-state index contributed by atoms with van der Waals surface area (Å²) in [5, 5.41) is 6.79. The van der Waals surface area contributed by atoms with Crippen LogP contribution < -0.4 is 10.6 Å². The van der Waals surface area contributed by atoms with Crippen LogP contribution in [0.5, 0.6) is 0 Å². The normalized spacial score (nSPS) is 25.6. The van der Waals surface area contributed by atoms with Crippen molar-refractivity contribution in [3.63, 3.8) is 0 Å². The van der Waals surface area contributed by atoms with Crippen molar-refractivity contribution in [1.29, 1.82) is 0 Å². The average molecular weight is 212 g/mol. The topological polar surface area (TPSA) is 30.5 Å². The molecule has 0 aromatic heterocycles. The quantitative estimate of drug-likeness (QED) is 0.638. The first-order valence-corrected chi connectivity index (χ1v) is 6.31. The summed E-state index contributed by atoms with van der Waals surface area (Å²) in [6, 6.07) is 0. The fraction of sp³-hybridized carbons (Fsp3) is 1.00. The molecule has 2 aliphatic heterocycles. The SMILES string of the molecule is C(CN1CCNCC1)CN1CCNCC1. The summed E-state index contributed by atoms with van der Waals surface area (Å²) in [6.07, 6.45) is 1.33. The third kappa shape index (κ3) is 4.07. The van der Waals surface area contributed by atoms with Gasteiger partial charge in [-0.2, -0.15) is 0 Å². The summed E-state index contributed by atoms with van der Waals surface area (Å²) in [6.45, 7) is 12.2. The predicted octanol–water partition coefficient (Wildman–Crippen LogP) is -0.813. The number of hydrogen-bond acceptors (Lipinski definition) is 4. The number of nitrogens with one attached hydrogen (secondary N) is 2. The monoisotopic (exact) mass is 212 g/mol. The smallest absolute Gasteiger partial charge is 0.0107 e. The molecule has 2 N–H and O–H groups in total. The van der Waals surface area contributed by atoms with E-state index in [0.29, 0.717) is 0 Å². The van der Waals surface area contributed by atoms with E-state index in [0.717, 1.165) is 0 Å². The lowest BCUT2D eigenvalue weighted by atomic mass is 10.3. The molecule has 0 amide bonds. The highest BCUT2D eigenvalue weighted by atomic mass is 15.2. The molecule has 0 radical (unpaired) electrons. The van der Waals surface area contributed by atoms with Crippen LogP contribution in [0.2, 0.25) is 0 Å². The largest absolute Gasteiger partial charge is 0.314 e. The molecule has 0 spiro atoms. The second kappa shape index (κ2) is 6.43. The van der Waals surface area contributed by atoms with Gasteiger partial charge in [0.25, 0.3) is 0 Å². The minimum absolute atomic E-state index is 1.17. The molecular formula is C11H24N4. The zero-order valence-corrected chi connectivity index (χ0v) is 9.67. The lowest BCUT2D eigenvalue weighted by Crippen LogP contribution is -2.46. The first kappa shape index (κ1) is 11.3. The van der Waals surface area contributed by atoms with E-state index in [2.05, 4.69) is 20.4 Å². The van der Waals surface area contributed by atoms with E-state index in [9.17, 15) is 0 Å². The summed E-state index contributed by atoms with van der Waals surface area (Å²) in [5.74, 6) is 0. The van der Waals surface area contributed by atoms with Crippen molar-refractivity contribution >= 4 is 0 Å². The van der Waals surface area contributed by atoms with Gasteiger partial charge in [-0.15, -0.1) is 0 Å². The fourth-order valence-corrected chi connectivity index (χ4v) is 2.39. The summed E-state index contributed by atoms with van der Waals surface area (Å²) in [4.78, 5) is 5.16. The van der Waals surface area contributed by atoms with Crippen molar-refractivity contribution in [3.05, 3.63) is 0 Å². The number of nitrogens with zero attached hydrogens (tertiary/aromatic N) is 2. The minimum Gasteiger partial charge on any atom is -0.314 e. The van der Waals surface area contributed by atoms with Crippen molar-refractivity contribution < 1.29 is 0 Å². The first-order chi connectivity index (χ1) is 7.45. The Labute approximate surface area is 93.0 Å². The highest BCUT2D eigenvalue weighted by Crippen LogP contribution is 1.98. The van der Waals surface area contributed by atoms with Crippen molar-refractivity contribution in [1.82, 2.24) is 20.4 Å². The molecule has 2 fully saturated rings. The molecule has 0 unspecified atom stereocenters. The second-order valence-corrected chi connectivity index (χ2v) is 4.54. The summed E-state index contributed by atoms with van der Waals surface area (Å²) in [7, 11) is 0. The maximum atomic E-state index is 3.39. The van der Waals surface area contributed by atoms with E-state index in [-0.39, 0.29) is 0 Å². The van der Waals surface area contributed by atoms with E-state index >= 15 is 0 Å². The molecule has 0 saturated carbocycles. The Morgan fingerprint density at radius 3 is 1.47 bits per heavy atom. The van der Waals surface area contributed by atoms with Crippen LogP contribution in [0.3, 0.4) is 0 Å². The van der Waals surface area contributed by atoms with Crippen LogP contribution in [0.25, 0.3) is 0 Å². The van der Waals surface area contributed by atoms with Crippen molar-refractivity contribution in [2.75, 3.05) is 65.4 Å². The van der Waals surface area contributed by atoms with E-state index in [1.807, 2.05) is 0 Å². The van der Waals surface area contributed by atoms with Crippen molar-refractivity contribution in [2.24, 2.45) is 0 Å². The van der Waals surface area contributed by atoms with Gasteiger partial charge in [0.2, 0.25) is 0 Å². The standard InChI is InChI=1S/C11H24N4/c1(6-14-8-2-12-3-9-14)7-15-10-4-13-5-11-15/h12-13H,1-11H2. The summed E-state index contributed by atoms with van der Waals surface area (Å²) >= 11 is 0. The van der Waals surface area contributed by atoms with E-state index in [1.165, 1.54) is 71.9 Å². The molecule has 0 aromatic rings. The van der Waals surface area contributed by atoms with Gasteiger partial charge >= 0.3 is 0 Å². The van der Waals surface area contributed by atoms with Crippen LogP contribution in [-0.2, 0) is 0 Å². The lowest BCUT2D eigenvalue weighted by molar-refractivity contribution is 0.199. The highest BCUT2D eigenvalue weighted by Gasteiger charge is 2.11. The van der Waals surface area contributed by atoms with E-state index < -0.39 is 0 Å². The van der Waals surface area contributed by atoms with Crippen LogP contribution in [-0.4, -0.2) is 75.2 Å². The Morgan fingerprint density at radius 1 is 0.667 bits per heavy atom. The number of piperazine rings is 2. The second-order valence-electron chi connectivity index (χ2n) is 4.54. The molecule has 0 bridgehead atoms. The molecule has 15 heavy (non-hydrogen) atoms. The molecule has 0 aliphatic carbocycles. The average Bonchev–Trinajstić information content (AvgIpc) is 2.32. The molecular weight excluding hydrogens is 188 g/mol. The van der Waals surface area contributed by atoms with Gasteiger partial charge in [-0.25, -0.2) is 0 Å². The molecule has 4 heteroatoms. The van der Waals surface area contributed by atoms with Gasteiger partial charge in [-0.3, -0.25) is 0 Å². The Morgan fingerprint density at radius 2 is 1.07 bits per heavy atom. The highest BCUT2D eigenvalue weighted by molar-refractivity contribution is 4.70.